The van der Waals surface area contributed by atoms with E-state index in [-0.39, 0.29) is 5.82 Å². The highest BCUT2D eigenvalue weighted by atomic mass is 32.1. The highest BCUT2D eigenvalue weighted by molar-refractivity contribution is 7.13. The van der Waals surface area contributed by atoms with Gasteiger partial charge in [-0.05, 0) is 50.7 Å². The molecule has 0 aliphatic carbocycles. The van der Waals surface area contributed by atoms with Crippen LogP contribution in [-0.4, -0.2) is 36.1 Å². The Labute approximate surface area is 128 Å². The zero-order valence-corrected chi connectivity index (χ0v) is 13.0. The first kappa shape index (κ1) is 14.6. The Morgan fingerprint density at radius 3 is 2.90 bits per heavy atom. The molecule has 0 amide bonds. The van der Waals surface area contributed by atoms with Gasteiger partial charge < -0.3 is 10.2 Å². The zero-order chi connectivity index (χ0) is 14.7. The van der Waals surface area contributed by atoms with Crippen LogP contribution in [0.1, 0.15) is 18.5 Å². The van der Waals surface area contributed by atoms with Crippen molar-refractivity contribution in [2.24, 2.45) is 0 Å². The molecule has 2 heterocycles. The minimum Gasteiger partial charge on any atom is -0.310 e. The maximum atomic E-state index is 12.9. The number of nitrogens with zero attached hydrogens (tertiary/aromatic N) is 2. The maximum Gasteiger partial charge on any atom is 0.123 e. The Hall–Kier alpha value is -1.30. The molecule has 0 bridgehead atoms. The van der Waals surface area contributed by atoms with Crippen molar-refractivity contribution in [3.05, 3.63) is 41.2 Å². The summed E-state index contributed by atoms with van der Waals surface area (Å²) in [6, 6.07) is 7.16. The largest absolute Gasteiger partial charge is 0.310 e. The first-order chi connectivity index (χ1) is 10.2. The fourth-order valence-electron chi connectivity index (χ4n) is 2.72. The summed E-state index contributed by atoms with van der Waals surface area (Å²) in [5.41, 5.74) is 2.03. The molecule has 1 saturated heterocycles. The average molecular weight is 305 g/mol. The Kier molecular flexibility index (Phi) is 4.63. The van der Waals surface area contributed by atoms with Crippen molar-refractivity contribution in [2.45, 2.75) is 25.4 Å². The molecule has 21 heavy (non-hydrogen) atoms. The predicted octanol–water partition coefficient (Wildman–Crippen LogP) is 3.13. The van der Waals surface area contributed by atoms with Gasteiger partial charge in [-0.3, -0.25) is 0 Å². The standard InChI is InChI=1S/C16H20FN3S/c1-20-8-2-3-15(20)10-18-9-14-11-21-16(19-14)12-4-6-13(17)7-5-12/h4-7,11,15,18H,2-3,8-10H2,1H3. The van der Waals surface area contributed by atoms with Crippen molar-refractivity contribution in [1.82, 2.24) is 15.2 Å². The summed E-state index contributed by atoms with van der Waals surface area (Å²) >= 11 is 1.61. The lowest BCUT2D eigenvalue weighted by molar-refractivity contribution is 0.300. The summed E-state index contributed by atoms with van der Waals surface area (Å²) in [6.07, 6.45) is 2.58. The normalized spacial score (nSPS) is 19.2. The van der Waals surface area contributed by atoms with Crippen LogP contribution < -0.4 is 5.32 Å². The van der Waals surface area contributed by atoms with Crippen LogP contribution in [0.15, 0.2) is 29.6 Å². The number of aromatic nitrogens is 1. The number of likely N-dealkylation sites (N-methyl/N-ethyl adjacent to an activating group) is 1. The molecular formula is C16H20FN3S. The molecule has 1 atom stereocenters. The molecule has 3 nitrogen and oxygen atoms in total. The number of likely N-dealkylation sites (tertiary alicyclic amines) is 1. The van der Waals surface area contributed by atoms with E-state index in [0.717, 1.165) is 29.4 Å². The Balaban J connectivity index is 1.54. The lowest BCUT2D eigenvalue weighted by Gasteiger charge is -2.19. The molecule has 2 aromatic rings. The summed E-state index contributed by atoms with van der Waals surface area (Å²) in [4.78, 5) is 7.03. The fourth-order valence-corrected chi connectivity index (χ4v) is 3.54. The number of benzene rings is 1. The van der Waals surface area contributed by atoms with E-state index in [4.69, 9.17) is 0 Å². The molecule has 112 valence electrons. The monoisotopic (exact) mass is 305 g/mol. The summed E-state index contributed by atoms with van der Waals surface area (Å²) in [7, 11) is 2.19. The van der Waals surface area contributed by atoms with Gasteiger partial charge in [0.1, 0.15) is 10.8 Å². The van der Waals surface area contributed by atoms with Gasteiger partial charge >= 0.3 is 0 Å². The van der Waals surface area contributed by atoms with Gasteiger partial charge in [0.25, 0.3) is 0 Å². The zero-order valence-electron chi connectivity index (χ0n) is 12.2. The van der Waals surface area contributed by atoms with Gasteiger partial charge in [0.2, 0.25) is 0 Å². The van der Waals surface area contributed by atoms with Crippen molar-refractivity contribution in [3.63, 3.8) is 0 Å². The van der Waals surface area contributed by atoms with Gasteiger partial charge in [-0.15, -0.1) is 11.3 Å². The molecule has 0 saturated carbocycles. The molecule has 1 fully saturated rings. The van der Waals surface area contributed by atoms with Crippen LogP contribution in [0.25, 0.3) is 10.6 Å². The van der Waals surface area contributed by atoms with E-state index in [0.29, 0.717) is 6.04 Å². The molecule has 5 heteroatoms. The highest BCUT2D eigenvalue weighted by Gasteiger charge is 2.19. The molecule has 0 radical (unpaired) electrons. The van der Waals surface area contributed by atoms with Gasteiger partial charge in [0, 0.05) is 30.1 Å². The van der Waals surface area contributed by atoms with Gasteiger partial charge in [-0.1, -0.05) is 0 Å². The molecule has 1 N–H and O–H groups in total. The van der Waals surface area contributed by atoms with E-state index in [2.05, 4.69) is 27.6 Å². The number of halogens is 1. The Morgan fingerprint density at radius 2 is 2.19 bits per heavy atom. The average Bonchev–Trinajstić information content (AvgIpc) is 3.10. The van der Waals surface area contributed by atoms with Crippen LogP contribution in [0.2, 0.25) is 0 Å². The quantitative estimate of drug-likeness (QED) is 0.920. The van der Waals surface area contributed by atoms with Gasteiger partial charge in [-0.25, -0.2) is 9.37 Å². The lowest BCUT2D eigenvalue weighted by Crippen LogP contribution is -2.35. The van der Waals surface area contributed by atoms with Crippen LogP contribution in [0.3, 0.4) is 0 Å². The summed E-state index contributed by atoms with van der Waals surface area (Å²) in [5, 5.41) is 6.51. The van der Waals surface area contributed by atoms with Crippen LogP contribution in [0.5, 0.6) is 0 Å². The minimum absolute atomic E-state index is 0.210. The van der Waals surface area contributed by atoms with Crippen molar-refractivity contribution in [3.8, 4) is 10.6 Å². The van der Waals surface area contributed by atoms with Crippen LogP contribution in [0.4, 0.5) is 4.39 Å². The minimum atomic E-state index is -0.210. The van der Waals surface area contributed by atoms with Crippen LogP contribution in [-0.2, 0) is 6.54 Å². The van der Waals surface area contributed by atoms with Crippen molar-refractivity contribution < 1.29 is 4.39 Å². The Bertz CT molecular complexity index is 581. The molecule has 1 aliphatic heterocycles. The molecule has 3 rings (SSSR count). The van der Waals surface area contributed by atoms with E-state index in [1.165, 1.54) is 31.5 Å². The third kappa shape index (κ3) is 3.67. The summed E-state index contributed by atoms with van der Waals surface area (Å²) in [5.74, 6) is -0.210. The van der Waals surface area contributed by atoms with E-state index in [9.17, 15) is 4.39 Å². The SMILES string of the molecule is CN1CCCC1CNCc1csc(-c2ccc(F)cc2)n1. The second kappa shape index (κ2) is 6.64. The van der Waals surface area contributed by atoms with Crippen molar-refractivity contribution in [1.29, 1.82) is 0 Å². The fraction of sp³-hybridized carbons (Fsp3) is 0.438. The number of nitrogens with one attached hydrogen (secondary N) is 1. The summed E-state index contributed by atoms with van der Waals surface area (Å²) in [6.45, 7) is 3.01. The van der Waals surface area contributed by atoms with Crippen molar-refractivity contribution in [2.75, 3.05) is 20.1 Å². The van der Waals surface area contributed by atoms with E-state index in [1.54, 1.807) is 23.5 Å². The number of thiazole rings is 1. The van der Waals surface area contributed by atoms with E-state index >= 15 is 0 Å². The third-order valence-electron chi connectivity index (χ3n) is 4.00. The summed E-state index contributed by atoms with van der Waals surface area (Å²) < 4.78 is 12.9. The maximum absolute atomic E-state index is 12.9. The van der Waals surface area contributed by atoms with Crippen molar-refractivity contribution >= 4 is 11.3 Å². The number of hydrogen-bond donors (Lipinski definition) is 1. The number of hydrogen-bond acceptors (Lipinski definition) is 4. The lowest BCUT2D eigenvalue weighted by atomic mass is 10.2. The molecule has 1 unspecified atom stereocenters. The molecule has 0 spiro atoms. The van der Waals surface area contributed by atoms with E-state index < -0.39 is 0 Å². The number of rotatable bonds is 5. The smallest absolute Gasteiger partial charge is 0.123 e. The van der Waals surface area contributed by atoms with Gasteiger partial charge in [0.05, 0.1) is 5.69 Å². The van der Waals surface area contributed by atoms with Gasteiger partial charge in [-0.2, -0.15) is 0 Å². The molecule has 1 aromatic heterocycles. The first-order valence-electron chi connectivity index (χ1n) is 7.33. The molecular weight excluding hydrogens is 285 g/mol. The predicted molar refractivity (Wildman–Crippen MR) is 84.9 cm³/mol. The Morgan fingerprint density at radius 1 is 1.38 bits per heavy atom. The highest BCUT2D eigenvalue weighted by Crippen LogP contribution is 2.23. The van der Waals surface area contributed by atoms with Gasteiger partial charge in [0.15, 0.2) is 0 Å². The molecule has 1 aliphatic rings. The third-order valence-corrected chi connectivity index (χ3v) is 4.94. The van der Waals surface area contributed by atoms with Crippen LogP contribution >= 0.6 is 11.3 Å². The van der Waals surface area contributed by atoms with E-state index in [1.807, 2.05) is 0 Å². The van der Waals surface area contributed by atoms with Crippen LogP contribution in [0, 0.1) is 5.82 Å². The first-order valence-corrected chi connectivity index (χ1v) is 8.21. The second-order valence-corrected chi connectivity index (χ2v) is 6.42. The molecule has 1 aromatic carbocycles. The topological polar surface area (TPSA) is 28.2 Å². The second-order valence-electron chi connectivity index (χ2n) is 5.56.